The van der Waals surface area contributed by atoms with Crippen molar-refractivity contribution < 1.29 is 24.9 Å². The summed E-state index contributed by atoms with van der Waals surface area (Å²) in [6.45, 7) is 0. The van der Waals surface area contributed by atoms with E-state index in [-0.39, 0.29) is 16.2 Å². The van der Waals surface area contributed by atoms with Crippen LogP contribution in [0, 0.1) is 0 Å². The van der Waals surface area contributed by atoms with E-state index in [1.165, 1.54) is 0 Å². The fraction of sp³-hybridized carbons (Fsp3) is 0. The Bertz CT molecular complexity index is 593. The number of benzene rings is 1. The van der Waals surface area contributed by atoms with E-state index in [9.17, 15) is 24.9 Å². The molecule has 0 atom stereocenters. The zero-order chi connectivity index (χ0) is 14.2. The summed E-state index contributed by atoms with van der Waals surface area (Å²) in [5, 5.41) is 32.2. The molecule has 0 radical (unpaired) electrons. The number of nitrogens with one attached hydrogen (secondary N) is 2. The van der Waals surface area contributed by atoms with Crippen molar-refractivity contribution in [1.82, 2.24) is 10.6 Å². The first-order valence-electron chi connectivity index (χ1n) is 5.02. The lowest BCUT2D eigenvalue weighted by Crippen LogP contribution is -2.51. The van der Waals surface area contributed by atoms with Crippen molar-refractivity contribution in [2.45, 2.75) is 0 Å². The molecule has 1 aromatic carbocycles. The third-order valence-electron chi connectivity index (χ3n) is 2.35. The molecular weight excluding hydrogens is 272 g/mol. The van der Waals surface area contributed by atoms with Crippen LogP contribution in [0.2, 0.25) is 0 Å². The fourth-order valence-corrected chi connectivity index (χ4v) is 1.67. The van der Waals surface area contributed by atoms with Gasteiger partial charge in [-0.2, -0.15) is 0 Å². The second kappa shape index (κ2) is 4.58. The summed E-state index contributed by atoms with van der Waals surface area (Å²) in [4.78, 5) is 23.1. The molecule has 7 nitrogen and oxygen atoms in total. The highest BCUT2D eigenvalue weighted by atomic mass is 32.1. The normalized spacial score (nSPS) is 14.9. The largest absolute Gasteiger partial charge is 0.504 e. The zero-order valence-electron chi connectivity index (χ0n) is 9.30. The van der Waals surface area contributed by atoms with Crippen molar-refractivity contribution in [2.75, 3.05) is 0 Å². The fourth-order valence-electron chi connectivity index (χ4n) is 1.48. The molecule has 1 saturated heterocycles. The van der Waals surface area contributed by atoms with Crippen molar-refractivity contribution in [3.63, 3.8) is 0 Å². The molecule has 1 aliphatic rings. The summed E-state index contributed by atoms with van der Waals surface area (Å²) >= 11 is 4.63. The highest BCUT2D eigenvalue weighted by Gasteiger charge is 2.25. The molecule has 8 heteroatoms. The van der Waals surface area contributed by atoms with Crippen LogP contribution in [0.4, 0.5) is 0 Å². The average molecular weight is 280 g/mol. The molecule has 5 N–H and O–H groups in total. The highest BCUT2D eigenvalue weighted by molar-refractivity contribution is 7.80. The van der Waals surface area contributed by atoms with Crippen LogP contribution in [-0.4, -0.2) is 32.2 Å². The molecule has 0 bridgehead atoms. The standard InChI is InChI=1S/C11H8N2O5S/c14-6-2-4(3-7(15)8(6)16)1-5-9(17)12-11(19)13-10(5)18/h1-3,14-16H,(H2,12,13,17,18,19). The van der Waals surface area contributed by atoms with Gasteiger partial charge in [0.1, 0.15) is 5.57 Å². The first-order valence-corrected chi connectivity index (χ1v) is 5.42. The van der Waals surface area contributed by atoms with Crippen molar-refractivity contribution in [1.29, 1.82) is 0 Å². The number of amides is 2. The van der Waals surface area contributed by atoms with Gasteiger partial charge in [0.25, 0.3) is 11.8 Å². The Morgan fingerprint density at radius 3 is 1.95 bits per heavy atom. The minimum absolute atomic E-state index is 0.0939. The van der Waals surface area contributed by atoms with E-state index < -0.39 is 29.1 Å². The number of rotatable bonds is 1. The van der Waals surface area contributed by atoms with Crippen LogP contribution in [-0.2, 0) is 9.59 Å². The van der Waals surface area contributed by atoms with Gasteiger partial charge in [-0.05, 0) is 36.0 Å². The molecule has 1 fully saturated rings. The lowest BCUT2D eigenvalue weighted by Gasteiger charge is -2.16. The summed E-state index contributed by atoms with van der Waals surface area (Å²) in [6.07, 6.45) is 1.14. The molecule has 19 heavy (non-hydrogen) atoms. The molecule has 0 unspecified atom stereocenters. The van der Waals surface area contributed by atoms with E-state index in [0.717, 1.165) is 18.2 Å². The zero-order valence-corrected chi connectivity index (χ0v) is 10.1. The molecule has 1 aromatic rings. The van der Waals surface area contributed by atoms with Gasteiger partial charge in [0.05, 0.1) is 0 Å². The number of phenols is 3. The molecule has 0 spiro atoms. The van der Waals surface area contributed by atoms with Crippen LogP contribution in [0.15, 0.2) is 17.7 Å². The molecule has 98 valence electrons. The number of phenolic OH excluding ortho intramolecular Hbond substituents is 3. The van der Waals surface area contributed by atoms with E-state index >= 15 is 0 Å². The summed E-state index contributed by atoms with van der Waals surface area (Å²) in [7, 11) is 0. The predicted octanol–water partition coefficient (Wildman–Crippen LogP) is -0.282. The minimum Gasteiger partial charge on any atom is -0.504 e. The minimum atomic E-state index is -0.694. The van der Waals surface area contributed by atoms with Gasteiger partial charge in [-0.25, -0.2) is 0 Å². The number of carbonyl (C=O) groups excluding carboxylic acids is 2. The topological polar surface area (TPSA) is 119 Å². The van der Waals surface area contributed by atoms with Gasteiger partial charge >= 0.3 is 0 Å². The van der Waals surface area contributed by atoms with Crippen molar-refractivity contribution >= 4 is 35.2 Å². The van der Waals surface area contributed by atoms with Gasteiger partial charge < -0.3 is 15.3 Å². The Kier molecular flexibility index (Phi) is 3.09. The van der Waals surface area contributed by atoms with Crippen LogP contribution < -0.4 is 10.6 Å². The molecular formula is C11H8N2O5S. The molecule has 2 rings (SSSR count). The van der Waals surface area contributed by atoms with Gasteiger partial charge in [-0.3, -0.25) is 20.2 Å². The Hall–Kier alpha value is -2.61. The second-order valence-electron chi connectivity index (χ2n) is 3.70. The lowest BCUT2D eigenvalue weighted by molar-refractivity contribution is -0.123. The Labute approximate surface area is 112 Å². The summed E-state index contributed by atoms with van der Waals surface area (Å²) in [5.41, 5.74) is -0.0704. The van der Waals surface area contributed by atoms with E-state index in [1.54, 1.807) is 0 Å². The van der Waals surface area contributed by atoms with Gasteiger partial charge in [-0.15, -0.1) is 0 Å². The number of aromatic hydroxyl groups is 3. The van der Waals surface area contributed by atoms with Crippen LogP contribution >= 0.6 is 12.2 Å². The number of carbonyl (C=O) groups is 2. The van der Waals surface area contributed by atoms with Gasteiger partial charge in [-0.1, -0.05) is 0 Å². The molecule has 0 aliphatic carbocycles. The SMILES string of the molecule is O=C1NC(=S)NC(=O)C1=Cc1cc(O)c(O)c(O)c1. The van der Waals surface area contributed by atoms with E-state index in [1.807, 2.05) is 0 Å². The van der Waals surface area contributed by atoms with Gasteiger partial charge in [0, 0.05) is 0 Å². The Morgan fingerprint density at radius 1 is 1.00 bits per heavy atom. The summed E-state index contributed by atoms with van der Waals surface area (Å²) in [6, 6.07) is 2.19. The summed E-state index contributed by atoms with van der Waals surface area (Å²) < 4.78 is 0. The van der Waals surface area contributed by atoms with Crippen molar-refractivity contribution in [3.8, 4) is 17.2 Å². The van der Waals surface area contributed by atoms with Crippen LogP contribution in [0.3, 0.4) is 0 Å². The first-order chi connectivity index (χ1) is 8.88. The first kappa shape index (κ1) is 12.8. The average Bonchev–Trinajstić information content (AvgIpc) is 2.30. The van der Waals surface area contributed by atoms with Crippen molar-refractivity contribution in [2.24, 2.45) is 0 Å². The number of thiocarbonyl (C=S) groups is 1. The number of hydrogen-bond acceptors (Lipinski definition) is 6. The number of hydrogen-bond donors (Lipinski definition) is 5. The maximum atomic E-state index is 11.6. The molecule has 1 heterocycles. The van der Waals surface area contributed by atoms with E-state index in [4.69, 9.17) is 0 Å². The quantitative estimate of drug-likeness (QED) is 0.209. The van der Waals surface area contributed by atoms with Crippen molar-refractivity contribution in [3.05, 3.63) is 23.3 Å². The Morgan fingerprint density at radius 2 is 1.47 bits per heavy atom. The molecule has 0 aromatic heterocycles. The maximum Gasteiger partial charge on any atom is 0.263 e. The second-order valence-corrected chi connectivity index (χ2v) is 4.11. The van der Waals surface area contributed by atoms with Crippen LogP contribution in [0.5, 0.6) is 17.2 Å². The maximum absolute atomic E-state index is 11.6. The third kappa shape index (κ3) is 2.47. The molecule has 2 amide bonds. The van der Waals surface area contributed by atoms with Crippen LogP contribution in [0.1, 0.15) is 5.56 Å². The third-order valence-corrected chi connectivity index (χ3v) is 2.55. The van der Waals surface area contributed by atoms with Gasteiger partial charge in [0.15, 0.2) is 22.4 Å². The van der Waals surface area contributed by atoms with E-state index in [2.05, 4.69) is 22.9 Å². The Balaban J connectivity index is 2.43. The molecule has 0 saturated carbocycles. The smallest absolute Gasteiger partial charge is 0.263 e. The highest BCUT2D eigenvalue weighted by Crippen LogP contribution is 2.36. The monoisotopic (exact) mass is 280 g/mol. The van der Waals surface area contributed by atoms with Crippen LogP contribution in [0.25, 0.3) is 6.08 Å². The van der Waals surface area contributed by atoms with E-state index in [0.29, 0.717) is 0 Å². The predicted molar refractivity (Wildman–Crippen MR) is 68.3 cm³/mol. The molecule has 1 aliphatic heterocycles. The van der Waals surface area contributed by atoms with Gasteiger partial charge in [0.2, 0.25) is 0 Å². The lowest BCUT2D eigenvalue weighted by atomic mass is 10.1. The summed E-state index contributed by atoms with van der Waals surface area (Å²) in [5.74, 6) is -3.21.